The lowest BCUT2D eigenvalue weighted by molar-refractivity contribution is -0.120. The highest BCUT2D eigenvalue weighted by atomic mass is 35.5. The molecule has 1 amide bonds. The molecule has 0 aliphatic rings. The third-order valence-corrected chi connectivity index (χ3v) is 6.73. The Hall–Kier alpha value is -2.05. The van der Waals surface area contributed by atoms with E-state index in [4.69, 9.17) is 11.6 Å². The summed E-state index contributed by atoms with van der Waals surface area (Å²) in [5.74, 6) is -0.129. The number of hydrogen-bond donors (Lipinski definition) is 1. The molecule has 0 heterocycles. The number of sulfonamides is 1. The summed E-state index contributed by atoms with van der Waals surface area (Å²) in [6, 6.07) is 11.5. The molecule has 0 fully saturated rings. The summed E-state index contributed by atoms with van der Waals surface area (Å²) in [7, 11) is -3.95. The van der Waals surface area contributed by atoms with E-state index in [1.807, 2.05) is 27.7 Å². The van der Waals surface area contributed by atoms with E-state index in [0.717, 1.165) is 9.87 Å². The first-order chi connectivity index (χ1) is 13.0. The smallest absolute Gasteiger partial charge is 0.264 e. The number of aryl methyl sites for hydroxylation is 2. The molecule has 152 valence electrons. The van der Waals surface area contributed by atoms with E-state index in [-0.39, 0.29) is 29.3 Å². The molecule has 2 rings (SSSR count). The number of nitrogens with one attached hydrogen (secondary N) is 1. The number of carbonyl (C=O) groups is 1. The highest BCUT2D eigenvalue weighted by molar-refractivity contribution is 7.92. The summed E-state index contributed by atoms with van der Waals surface area (Å²) < 4.78 is 27.9. The Kier molecular flexibility index (Phi) is 7.12. The fourth-order valence-electron chi connectivity index (χ4n) is 2.59. The van der Waals surface area contributed by atoms with E-state index < -0.39 is 10.0 Å². The maximum Gasteiger partial charge on any atom is 0.264 e. The average molecular weight is 423 g/mol. The van der Waals surface area contributed by atoms with E-state index in [2.05, 4.69) is 5.32 Å². The van der Waals surface area contributed by atoms with Crippen LogP contribution in [0.25, 0.3) is 0 Å². The molecular weight excluding hydrogens is 396 g/mol. The number of halogens is 1. The Balaban J connectivity index is 2.48. The number of hydrogen-bond acceptors (Lipinski definition) is 3. The van der Waals surface area contributed by atoms with E-state index in [1.54, 1.807) is 49.4 Å². The van der Waals surface area contributed by atoms with Crippen LogP contribution in [-0.4, -0.2) is 26.9 Å². The zero-order valence-corrected chi connectivity index (χ0v) is 18.4. The number of amides is 1. The van der Waals surface area contributed by atoms with Crippen LogP contribution in [0.1, 0.15) is 31.9 Å². The van der Waals surface area contributed by atoms with Gasteiger partial charge >= 0.3 is 0 Å². The molecule has 1 atom stereocenters. The fraction of sp³-hybridized carbons (Fsp3) is 0.381. The molecule has 7 heteroatoms. The number of benzene rings is 2. The fourth-order valence-corrected chi connectivity index (χ4v) is 4.23. The molecule has 1 unspecified atom stereocenters. The first-order valence-corrected chi connectivity index (χ1v) is 11.0. The Morgan fingerprint density at radius 3 is 2.25 bits per heavy atom. The van der Waals surface area contributed by atoms with Gasteiger partial charge in [-0.15, -0.1) is 0 Å². The van der Waals surface area contributed by atoms with Gasteiger partial charge in [-0.1, -0.05) is 49.2 Å². The van der Waals surface area contributed by atoms with Gasteiger partial charge in [-0.2, -0.15) is 0 Å². The normalized spacial score (nSPS) is 12.7. The lowest BCUT2D eigenvalue weighted by atomic mass is 10.1. The Morgan fingerprint density at radius 1 is 1.07 bits per heavy atom. The van der Waals surface area contributed by atoms with Crippen LogP contribution in [0.4, 0.5) is 5.69 Å². The molecule has 0 radical (unpaired) electrons. The van der Waals surface area contributed by atoms with E-state index in [1.165, 1.54) is 0 Å². The third-order valence-electron chi connectivity index (χ3n) is 4.72. The summed E-state index contributed by atoms with van der Waals surface area (Å²) in [4.78, 5) is 12.7. The van der Waals surface area contributed by atoms with Crippen LogP contribution in [-0.2, 0) is 14.8 Å². The predicted molar refractivity (Wildman–Crippen MR) is 114 cm³/mol. The Bertz CT molecular complexity index is 941. The van der Waals surface area contributed by atoms with Gasteiger partial charge in [0.2, 0.25) is 5.91 Å². The number of carbonyl (C=O) groups excluding carboxylic acids is 1. The van der Waals surface area contributed by atoms with Crippen LogP contribution in [0.3, 0.4) is 0 Å². The molecule has 5 nitrogen and oxygen atoms in total. The summed E-state index contributed by atoms with van der Waals surface area (Å²) in [6.45, 7) is 9.23. The molecule has 1 N–H and O–H groups in total. The zero-order valence-electron chi connectivity index (χ0n) is 16.9. The molecule has 0 aliphatic carbocycles. The van der Waals surface area contributed by atoms with Crippen molar-refractivity contribution in [3.8, 4) is 0 Å². The number of nitrogens with zero attached hydrogens (tertiary/aromatic N) is 1. The van der Waals surface area contributed by atoms with Crippen molar-refractivity contribution in [2.24, 2.45) is 5.92 Å². The van der Waals surface area contributed by atoms with Crippen molar-refractivity contribution in [1.82, 2.24) is 5.32 Å². The monoisotopic (exact) mass is 422 g/mol. The molecule has 0 saturated carbocycles. The number of anilines is 1. The van der Waals surface area contributed by atoms with Gasteiger partial charge in [-0.3, -0.25) is 9.10 Å². The standard InChI is InChI=1S/C21H27ClN2O3S/c1-14(2)17(5)23-21(25)13-24(20-12-18(22)9-8-16(20)4)28(26,27)19-10-6-15(3)7-11-19/h6-12,14,17H,13H2,1-5H3,(H,23,25). The summed E-state index contributed by atoms with van der Waals surface area (Å²) in [6.07, 6.45) is 0. The van der Waals surface area contributed by atoms with Crippen molar-refractivity contribution in [3.63, 3.8) is 0 Å². The highest BCUT2D eigenvalue weighted by Gasteiger charge is 2.29. The van der Waals surface area contributed by atoms with Crippen molar-refractivity contribution < 1.29 is 13.2 Å². The molecule has 0 aromatic heterocycles. The average Bonchev–Trinajstić information content (AvgIpc) is 2.62. The maximum atomic E-state index is 13.4. The van der Waals surface area contributed by atoms with Crippen LogP contribution in [0, 0.1) is 19.8 Å². The number of rotatable bonds is 7. The summed E-state index contributed by atoms with van der Waals surface area (Å²) >= 11 is 6.12. The minimum Gasteiger partial charge on any atom is -0.352 e. The third kappa shape index (κ3) is 5.26. The van der Waals surface area contributed by atoms with E-state index in [0.29, 0.717) is 16.3 Å². The Labute approximate surface area is 172 Å². The van der Waals surface area contributed by atoms with Crippen LogP contribution in [0.15, 0.2) is 47.4 Å². The van der Waals surface area contributed by atoms with E-state index in [9.17, 15) is 13.2 Å². The summed E-state index contributed by atoms with van der Waals surface area (Å²) in [5.41, 5.74) is 2.05. The van der Waals surface area contributed by atoms with Crippen LogP contribution in [0.5, 0.6) is 0 Å². The van der Waals surface area contributed by atoms with Gasteiger partial charge < -0.3 is 5.32 Å². The van der Waals surface area contributed by atoms with Crippen molar-refractivity contribution in [2.45, 2.75) is 45.6 Å². The molecule has 28 heavy (non-hydrogen) atoms. The van der Waals surface area contributed by atoms with Gasteiger partial charge in [0.1, 0.15) is 6.54 Å². The van der Waals surface area contributed by atoms with Crippen molar-refractivity contribution in [1.29, 1.82) is 0 Å². The largest absolute Gasteiger partial charge is 0.352 e. The second-order valence-electron chi connectivity index (χ2n) is 7.36. The van der Waals surface area contributed by atoms with Gasteiger partial charge in [0.05, 0.1) is 10.6 Å². The second kappa shape index (κ2) is 8.97. The maximum absolute atomic E-state index is 13.4. The van der Waals surface area contributed by atoms with Gasteiger partial charge in [-0.05, 0) is 56.5 Å². The minimum absolute atomic E-state index is 0.0723. The molecular formula is C21H27ClN2O3S. The van der Waals surface area contributed by atoms with Crippen molar-refractivity contribution in [2.75, 3.05) is 10.8 Å². The van der Waals surface area contributed by atoms with Crippen molar-refractivity contribution in [3.05, 3.63) is 58.6 Å². The molecule has 0 spiro atoms. The zero-order chi connectivity index (χ0) is 21.1. The molecule has 0 bridgehead atoms. The topological polar surface area (TPSA) is 66.5 Å². The molecule has 0 saturated heterocycles. The first kappa shape index (κ1) is 22.2. The van der Waals surface area contributed by atoms with E-state index >= 15 is 0 Å². The first-order valence-electron chi connectivity index (χ1n) is 9.17. The van der Waals surface area contributed by atoms with Gasteiger partial charge in [0.25, 0.3) is 10.0 Å². The lowest BCUT2D eigenvalue weighted by Gasteiger charge is -2.27. The molecule has 2 aromatic rings. The second-order valence-corrected chi connectivity index (χ2v) is 9.65. The summed E-state index contributed by atoms with van der Waals surface area (Å²) in [5, 5.41) is 3.27. The molecule has 2 aromatic carbocycles. The predicted octanol–water partition coefficient (Wildman–Crippen LogP) is 4.31. The van der Waals surface area contributed by atoms with Crippen LogP contribution < -0.4 is 9.62 Å². The lowest BCUT2D eigenvalue weighted by Crippen LogP contribution is -2.45. The van der Waals surface area contributed by atoms with Crippen LogP contribution in [0.2, 0.25) is 5.02 Å². The quantitative estimate of drug-likeness (QED) is 0.722. The Morgan fingerprint density at radius 2 is 1.68 bits per heavy atom. The SMILES string of the molecule is Cc1ccc(S(=O)(=O)N(CC(=O)NC(C)C(C)C)c2cc(Cl)ccc2C)cc1. The van der Waals surface area contributed by atoms with Gasteiger partial charge in [0, 0.05) is 11.1 Å². The highest BCUT2D eigenvalue weighted by Crippen LogP contribution is 2.29. The van der Waals surface area contributed by atoms with Crippen molar-refractivity contribution >= 4 is 33.2 Å². The van der Waals surface area contributed by atoms with Gasteiger partial charge in [-0.25, -0.2) is 8.42 Å². The van der Waals surface area contributed by atoms with Crippen LogP contribution >= 0.6 is 11.6 Å². The minimum atomic E-state index is -3.95. The van der Waals surface area contributed by atoms with Gasteiger partial charge in [0.15, 0.2) is 0 Å². The molecule has 0 aliphatic heterocycles.